The third-order valence-corrected chi connectivity index (χ3v) is 4.42. The van der Waals surface area contributed by atoms with Gasteiger partial charge in [0.2, 0.25) is 0 Å². The number of rotatable bonds is 4. The number of hydrogen-bond acceptors (Lipinski definition) is 2. The Labute approximate surface area is 124 Å². The van der Waals surface area contributed by atoms with Crippen molar-refractivity contribution in [3.8, 4) is 0 Å². The van der Waals surface area contributed by atoms with Crippen LogP contribution in [0.3, 0.4) is 0 Å². The molecule has 0 saturated heterocycles. The largest absolute Gasteiger partial charge is 0.370 e. The smallest absolute Gasteiger partial charge is 0.191 e. The maximum absolute atomic E-state index is 6.08. The van der Waals surface area contributed by atoms with Crippen molar-refractivity contribution in [3.05, 3.63) is 30.1 Å². The highest BCUT2D eigenvalue weighted by Crippen LogP contribution is 2.38. The molecule has 21 heavy (non-hydrogen) atoms. The third-order valence-electron chi connectivity index (χ3n) is 4.42. The van der Waals surface area contributed by atoms with E-state index in [0.29, 0.717) is 24.6 Å². The Hall–Kier alpha value is -2.04. The number of nitrogens with zero attached hydrogens (tertiary/aromatic N) is 4. The number of guanidine groups is 1. The Morgan fingerprint density at radius 1 is 1.33 bits per heavy atom. The van der Waals surface area contributed by atoms with Crippen molar-refractivity contribution < 1.29 is 0 Å². The summed E-state index contributed by atoms with van der Waals surface area (Å²) >= 11 is 0. The van der Waals surface area contributed by atoms with Crippen molar-refractivity contribution in [1.82, 2.24) is 14.5 Å². The maximum atomic E-state index is 6.08. The van der Waals surface area contributed by atoms with Gasteiger partial charge in [-0.05, 0) is 37.8 Å². The molecule has 5 nitrogen and oxygen atoms in total. The quantitative estimate of drug-likeness (QED) is 0.692. The summed E-state index contributed by atoms with van der Waals surface area (Å²) in [6.07, 6.45) is 4.95. The normalized spacial score (nSPS) is 19.2. The van der Waals surface area contributed by atoms with Crippen LogP contribution in [-0.4, -0.2) is 33.5 Å². The minimum Gasteiger partial charge on any atom is -0.370 e. The number of nitrogens with two attached hydrogens (primary N) is 1. The average Bonchev–Trinajstić information content (AvgIpc) is 3.40. The first-order valence-corrected chi connectivity index (χ1v) is 7.72. The van der Waals surface area contributed by atoms with Gasteiger partial charge in [0.25, 0.3) is 0 Å². The highest BCUT2D eigenvalue weighted by Gasteiger charge is 2.29. The van der Waals surface area contributed by atoms with E-state index in [-0.39, 0.29) is 0 Å². The van der Waals surface area contributed by atoms with E-state index in [2.05, 4.69) is 32.7 Å². The highest BCUT2D eigenvalue weighted by molar-refractivity contribution is 5.79. The fourth-order valence-corrected chi connectivity index (χ4v) is 2.86. The molecule has 4 rings (SSSR count). The number of aliphatic imine (C=N–C) groups is 1. The Bertz CT molecular complexity index is 694. The van der Waals surface area contributed by atoms with Crippen LogP contribution in [0.1, 0.15) is 37.5 Å². The van der Waals surface area contributed by atoms with E-state index in [1.54, 1.807) is 0 Å². The number of benzene rings is 1. The molecule has 2 fully saturated rings. The van der Waals surface area contributed by atoms with Gasteiger partial charge in [0.05, 0.1) is 11.0 Å². The van der Waals surface area contributed by atoms with Crippen LogP contribution in [0, 0.1) is 0 Å². The van der Waals surface area contributed by atoms with Gasteiger partial charge in [0, 0.05) is 19.1 Å². The molecule has 0 unspecified atom stereocenters. The molecule has 5 heteroatoms. The molecule has 1 heterocycles. The maximum Gasteiger partial charge on any atom is 0.191 e. The number of para-hydroxylation sites is 2. The van der Waals surface area contributed by atoms with E-state index >= 15 is 0 Å². The molecule has 2 aliphatic carbocycles. The molecule has 0 aliphatic heterocycles. The first kappa shape index (κ1) is 12.7. The summed E-state index contributed by atoms with van der Waals surface area (Å²) < 4.78 is 2.35. The molecule has 2 N–H and O–H groups in total. The minimum absolute atomic E-state index is 0.564. The van der Waals surface area contributed by atoms with Crippen LogP contribution in [0.4, 0.5) is 0 Å². The monoisotopic (exact) mass is 283 g/mol. The van der Waals surface area contributed by atoms with Crippen LogP contribution in [0.2, 0.25) is 0 Å². The fourth-order valence-electron chi connectivity index (χ4n) is 2.86. The van der Waals surface area contributed by atoms with Crippen molar-refractivity contribution in [2.24, 2.45) is 10.7 Å². The summed E-state index contributed by atoms with van der Waals surface area (Å²) in [6.45, 7) is 0.564. The van der Waals surface area contributed by atoms with Gasteiger partial charge in [-0.2, -0.15) is 0 Å². The van der Waals surface area contributed by atoms with Gasteiger partial charge in [-0.3, -0.25) is 0 Å². The molecule has 0 bridgehead atoms. The predicted octanol–water partition coefficient (Wildman–Crippen LogP) is 2.28. The molecule has 2 saturated carbocycles. The zero-order chi connectivity index (χ0) is 14.4. The fraction of sp³-hybridized carbons (Fsp3) is 0.500. The van der Waals surface area contributed by atoms with Crippen LogP contribution < -0.4 is 5.73 Å². The molecule has 1 aromatic heterocycles. The van der Waals surface area contributed by atoms with Crippen molar-refractivity contribution in [1.29, 1.82) is 0 Å². The number of fused-ring (bicyclic) bond motifs is 1. The molecule has 0 radical (unpaired) electrons. The molecule has 2 aliphatic rings. The van der Waals surface area contributed by atoms with Crippen molar-refractivity contribution >= 4 is 17.0 Å². The summed E-state index contributed by atoms with van der Waals surface area (Å²) in [5.41, 5.74) is 8.36. The second-order valence-corrected chi connectivity index (χ2v) is 6.13. The van der Waals surface area contributed by atoms with Gasteiger partial charge >= 0.3 is 0 Å². The van der Waals surface area contributed by atoms with Crippen LogP contribution in [0.25, 0.3) is 11.0 Å². The Balaban J connectivity index is 1.63. The molecular formula is C16H21N5. The molecule has 0 atom stereocenters. The van der Waals surface area contributed by atoms with E-state index in [1.165, 1.54) is 31.2 Å². The lowest BCUT2D eigenvalue weighted by Crippen LogP contribution is -2.35. The Morgan fingerprint density at radius 2 is 2.10 bits per heavy atom. The SMILES string of the molecule is CN(C(N)=NCc1nc2ccccc2n1C1CC1)C1CC1. The van der Waals surface area contributed by atoms with Crippen LogP contribution in [0.5, 0.6) is 0 Å². The van der Waals surface area contributed by atoms with Gasteiger partial charge in [0.1, 0.15) is 12.4 Å². The second kappa shape index (κ2) is 4.76. The van der Waals surface area contributed by atoms with E-state index in [0.717, 1.165) is 11.3 Å². The minimum atomic E-state index is 0.564. The van der Waals surface area contributed by atoms with Gasteiger partial charge in [-0.1, -0.05) is 12.1 Å². The Kier molecular flexibility index (Phi) is 2.87. The van der Waals surface area contributed by atoms with Gasteiger partial charge < -0.3 is 15.2 Å². The molecule has 0 spiro atoms. The van der Waals surface area contributed by atoms with Gasteiger partial charge in [-0.15, -0.1) is 0 Å². The molecule has 0 amide bonds. The van der Waals surface area contributed by atoms with Crippen molar-refractivity contribution in [2.75, 3.05) is 7.05 Å². The second-order valence-electron chi connectivity index (χ2n) is 6.13. The van der Waals surface area contributed by atoms with E-state index in [9.17, 15) is 0 Å². The van der Waals surface area contributed by atoms with Crippen molar-refractivity contribution in [3.63, 3.8) is 0 Å². The van der Waals surface area contributed by atoms with E-state index in [4.69, 9.17) is 10.7 Å². The predicted molar refractivity (Wildman–Crippen MR) is 84.1 cm³/mol. The highest BCUT2D eigenvalue weighted by atomic mass is 15.3. The summed E-state index contributed by atoms with van der Waals surface area (Å²) in [5, 5.41) is 0. The van der Waals surface area contributed by atoms with E-state index in [1.807, 2.05) is 13.1 Å². The van der Waals surface area contributed by atoms with Crippen molar-refractivity contribution in [2.45, 2.75) is 44.3 Å². The summed E-state index contributed by atoms with van der Waals surface area (Å²) in [4.78, 5) is 11.4. The molecule has 1 aromatic carbocycles. The zero-order valence-electron chi connectivity index (χ0n) is 12.4. The van der Waals surface area contributed by atoms with Gasteiger partial charge in [-0.25, -0.2) is 9.98 Å². The Morgan fingerprint density at radius 3 is 2.81 bits per heavy atom. The first-order valence-electron chi connectivity index (χ1n) is 7.72. The van der Waals surface area contributed by atoms with Gasteiger partial charge in [0.15, 0.2) is 5.96 Å². The lowest BCUT2D eigenvalue weighted by atomic mass is 10.3. The lowest BCUT2D eigenvalue weighted by Gasteiger charge is -2.16. The number of aromatic nitrogens is 2. The number of hydrogen-bond donors (Lipinski definition) is 1. The molecular weight excluding hydrogens is 262 g/mol. The van der Waals surface area contributed by atoms with Crippen LogP contribution in [-0.2, 0) is 6.54 Å². The summed E-state index contributed by atoms with van der Waals surface area (Å²) in [7, 11) is 2.03. The standard InChI is InChI=1S/C16H21N5/c1-20(11-6-7-11)16(17)18-10-15-19-13-4-2-3-5-14(13)21(15)12-8-9-12/h2-5,11-12H,6-10H2,1H3,(H2,17,18). The van der Waals surface area contributed by atoms with Crippen LogP contribution in [0.15, 0.2) is 29.3 Å². The topological polar surface area (TPSA) is 59.4 Å². The van der Waals surface area contributed by atoms with Crippen LogP contribution >= 0.6 is 0 Å². The number of imidazole rings is 1. The lowest BCUT2D eigenvalue weighted by molar-refractivity contribution is 0.486. The zero-order valence-corrected chi connectivity index (χ0v) is 12.4. The first-order chi connectivity index (χ1) is 10.2. The summed E-state index contributed by atoms with van der Waals surface area (Å²) in [5.74, 6) is 1.66. The average molecular weight is 283 g/mol. The third kappa shape index (κ3) is 2.37. The molecule has 110 valence electrons. The molecule has 2 aromatic rings. The van der Waals surface area contributed by atoms with E-state index < -0.39 is 0 Å². The summed E-state index contributed by atoms with van der Waals surface area (Å²) in [6, 6.07) is 9.52.